The fourth-order valence-electron chi connectivity index (χ4n) is 5.74. The van der Waals surface area contributed by atoms with Gasteiger partial charge in [-0.15, -0.1) is 0 Å². The third-order valence-electron chi connectivity index (χ3n) is 7.80. The fraction of sp³-hybridized carbons (Fsp3) is 0.926. The predicted molar refractivity (Wildman–Crippen MR) is 125 cm³/mol. The minimum Gasteiger partial charge on any atom is -0.461 e. The molecule has 2 aliphatic carbocycles. The average Bonchev–Trinajstić information content (AvgIpc) is 2.59. The second-order valence-corrected chi connectivity index (χ2v) is 12.4. The molecule has 6 atom stereocenters. The maximum absolute atomic E-state index is 13.4. The van der Waals surface area contributed by atoms with E-state index in [1.807, 2.05) is 20.8 Å². The van der Waals surface area contributed by atoms with Gasteiger partial charge >= 0.3 is 11.9 Å². The largest absolute Gasteiger partial charge is 0.461 e. The van der Waals surface area contributed by atoms with Crippen molar-refractivity contribution in [3.8, 4) is 0 Å². The molecule has 0 bridgehead atoms. The molecule has 0 aromatic carbocycles. The van der Waals surface area contributed by atoms with Crippen LogP contribution in [0.15, 0.2) is 0 Å². The second-order valence-electron chi connectivity index (χ2n) is 12.4. The van der Waals surface area contributed by atoms with E-state index in [9.17, 15) is 9.59 Å². The Kier molecular flexibility index (Phi) is 9.05. The summed E-state index contributed by atoms with van der Waals surface area (Å²) in [4.78, 5) is 26.7. The summed E-state index contributed by atoms with van der Waals surface area (Å²) < 4.78 is 12.2. The number of esters is 2. The molecule has 0 aromatic rings. The van der Waals surface area contributed by atoms with Gasteiger partial charge < -0.3 is 9.47 Å². The van der Waals surface area contributed by atoms with Crippen molar-refractivity contribution in [1.82, 2.24) is 0 Å². The van der Waals surface area contributed by atoms with Crippen molar-refractivity contribution in [2.45, 2.75) is 113 Å². The summed E-state index contributed by atoms with van der Waals surface area (Å²) in [6, 6.07) is 0. The highest BCUT2D eigenvalue weighted by Gasteiger charge is 2.45. The number of rotatable bonds is 6. The molecular weight excluding hydrogens is 388 g/mol. The van der Waals surface area contributed by atoms with Gasteiger partial charge in [-0.05, 0) is 66.6 Å². The standard InChI is InChI=1S/C27H48O4/c1-16(2)20-12-10-18(5)14-22(20)30-25(28)24(27(7,8)9)26(29)31-23-15-19(6)11-13-21(23)17(3)4/h16-24H,10-15H2,1-9H3. The molecule has 0 radical (unpaired) electrons. The summed E-state index contributed by atoms with van der Waals surface area (Å²) in [6.45, 7) is 19.1. The minimum absolute atomic E-state index is 0.105. The monoisotopic (exact) mass is 436 g/mol. The lowest BCUT2D eigenvalue weighted by atomic mass is 9.74. The van der Waals surface area contributed by atoms with Gasteiger partial charge in [0.1, 0.15) is 12.2 Å². The van der Waals surface area contributed by atoms with Crippen LogP contribution in [0.5, 0.6) is 0 Å². The van der Waals surface area contributed by atoms with E-state index >= 15 is 0 Å². The third-order valence-corrected chi connectivity index (χ3v) is 7.80. The van der Waals surface area contributed by atoms with Crippen molar-refractivity contribution in [3.63, 3.8) is 0 Å². The van der Waals surface area contributed by atoms with Gasteiger partial charge in [0.25, 0.3) is 0 Å². The Morgan fingerprint density at radius 1 is 0.710 bits per heavy atom. The first-order valence-corrected chi connectivity index (χ1v) is 12.7. The summed E-state index contributed by atoms with van der Waals surface area (Å²) in [5, 5.41) is 0. The van der Waals surface area contributed by atoms with Gasteiger partial charge in [0.2, 0.25) is 0 Å². The van der Waals surface area contributed by atoms with E-state index in [0.717, 1.165) is 25.7 Å². The normalized spacial score (nSPS) is 33.3. The first kappa shape index (κ1) is 26.2. The molecule has 31 heavy (non-hydrogen) atoms. The van der Waals surface area contributed by atoms with Crippen molar-refractivity contribution >= 4 is 11.9 Å². The second kappa shape index (κ2) is 10.7. The zero-order valence-corrected chi connectivity index (χ0v) is 21.6. The minimum atomic E-state index is -0.886. The molecule has 0 aliphatic heterocycles. The van der Waals surface area contributed by atoms with Crippen LogP contribution in [0, 0.1) is 46.8 Å². The zero-order chi connectivity index (χ0) is 23.5. The topological polar surface area (TPSA) is 52.6 Å². The van der Waals surface area contributed by atoms with Gasteiger partial charge in [0.15, 0.2) is 5.92 Å². The molecule has 0 spiro atoms. The molecule has 2 saturated carbocycles. The van der Waals surface area contributed by atoms with E-state index in [2.05, 4.69) is 41.5 Å². The fourth-order valence-corrected chi connectivity index (χ4v) is 5.74. The quantitative estimate of drug-likeness (QED) is 0.345. The van der Waals surface area contributed by atoms with E-state index in [-0.39, 0.29) is 12.2 Å². The molecule has 0 N–H and O–H groups in total. The number of ether oxygens (including phenoxy) is 2. The lowest BCUT2D eigenvalue weighted by Crippen LogP contribution is -2.45. The lowest BCUT2D eigenvalue weighted by molar-refractivity contribution is -0.180. The molecule has 4 nitrogen and oxygen atoms in total. The number of hydrogen-bond donors (Lipinski definition) is 0. The molecule has 4 heteroatoms. The van der Waals surface area contributed by atoms with E-state index in [4.69, 9.17) is 9.47 Å². The van der Waals surface area contributed by atoms with Gasteiger partial charge in [-0.1, -0.05) is 75.2 Å². The molecule has 6 unspecified atom stereocenters. The molecule has 2 rings (SSSR count). The molecule has 0 aromatic heterocycles. The van der Waals surface area contributed by atoms with Gasteiger partial charge in [-0.3, -0.25) is 9.59 Å². The van der Waals surface area contributed by atoms with E-state index in [1.54, 1.807) is 0 Å². The zero-order valence-electron chi connectivity index (χ0n) is 21.6. The van der Waals surface area contributed by atoms with Crippen LogP contribution < -0.4 is 0 Å². The van der Waals surface area contributed by atoms with E-state index in [1.165, 1.54) is 12.8 Å². The van der Waals surface area contributed by atoms with Crippen LogP contribution in [0.3, 0.4) is 0 Å². The number of carbonyl (C=O) groups excluding carboxylic acids is 2. The van der Waals surface area contributed by atoms with Gasteiger partial charge in [-0.25, -0.2) is 0 Å². The maximum atomic E-state index is 13.4. The SMILES string of the molecule is CC1CCC(C(C)C)C(OC(=O)C(C(=O)OC2CC(C)CCC2C(C)C)C(C)(C)C)C1. The van der Waals surface area contributed by atoms with Gasteiger partial charge in [-0.2, -0.15) is 0 Å². The van der Waals surface area contributed by atoms with Crippen molar-refractivity contribution in [3.05, 3.63) is 0 Å². The highest BCUT2D eigenvalue weighted by molar-refractivity contribution is 5.96. The van der Waals surface area contributed by atoms with Crippen LogP contribution in [-0.2, 0) is 19.1 Å². The van der Waals surface area contributed by atoms with Crippen LogP contribution in [0.2, 0.25) is 0 Å². The molecule has 180 valence electrons. The summed E-state index contributed by atoms with van der Waals surface area (Å²) in [7, 11) is 0. The van der Waals surface area contributed by atoms with Crippen molar-refractivity contribution < 1.29 is 19.1 Å². The Morgan fingerprint density at radius 3 is 1.35 bits per heavy atom. The Morgan fingerprint density at radius 2 is 1.06 bits per heavy atom. The highest BCUT2D eigenvalue weighted by Crippen LogP contribution is 2.39. The molecule has 0 amide bonds. The van der Waals surface area contributed by atoms with Crippen LogP contribution in [0.4, 0.5) is 0 Å². The Labute approximate surface area is 191 Å². The van der Waals surface area contributed by atoms with Gasteiger partial charge in [0, 0.05) is 0 Å². The van der Waals surface area contributed by atoms with Crippen molar-refractivity contribution in [2.24, 2.45) is 46.8 Å². The van der Waals surface area contributed by atoms with Crippen LogP contribution in [0.25, 0.3) is 0 Å². The summed E-state index contributed by atoms with van der Waals surface area (Å²) in [6.07, 6.45) is 6.08. The molecule has 2 aliphatic rings. The highest BCUT2D eigenvalue weighted by atomic mass is 16.6. The maximum Gasteiger partial charge on any atom is 0.321 e. The van der Waals surface area contributed by atoms with Crippen molar-refractivity contribution in [2.75, 3.05) is 0 Å². The Balaban J connectivity index is 2.16. The Hall–Kier alpha value is -1.06. The predicted octanol–water partition coefficient (Wildman–Crippen LogP) is 6.66. The van der Waals surface area contributed by atoms with E-state index in [0.29, 0.717) is 35.5 Å². The molecule has 2 fully saturated rings. The van der Waals surface area contributed by atoms with Crippen LogP contribution in [0.1, 0.15) is 101 Å². The lowest BCUT2D eigenvalue weighted by Gasteiger charge is -2.40. The third kappa shape index (κ3) is 6.96. The van der Waals surface area contributed by atoms with E-state index < -0.39 is 23.3 Å². The van der Waals surface area contributed by atoms with Crippen molar-refractivity contribution in [1.29, 1.82) is 0 Å². The molecule has 0 heterocycles. The smallest absolute Gasteiger partial charge is 0.321 e. The number of hydrogen-bond acceptors (Lipinski definition) is 4. The van der Waals surface area contributed by atoms with Gasteiger partial charge in [0.05, 0.1) is 0 Å². The number of carbonyl (C=O) groups is 2. The first-order chi connectivity index (χ1) is 14.3. The summed E-state index contributed by atoms with van der Waals surface area (Å²) in [5.74, 6) is 1.05. The first-order valence-electron chi connectivity index (χ1n) is 12.7. The Bertz CT molecular complexity index is 557. The van der Waals surface area contributed by atoms with Crippen LogP contribution >= 0.6 is 0 Å². The average molecular weight is 437 g/mol. The summed E-state index contributed by atoms with van der Waals surface area (Å²) in [5.41, 5.74) is -0.546. The summed E-state index contributed by atoms with van der Waals surface area (Å²) >= 11 is 0. The molecular formula is C27H48O4. The van der Waals surface area contributed by atoms with Crippen LogP contribution in [-0.4, -0.2) is 24.1 Å². The molecule has 0 saturated heterocycles.